The molecule has 17 heavy (non-hydrogen) atoms. The first-order valence-electron chi connectivity index (χ1n) is 6.02. The van der Waals surface area contributed by atoms with Gasteiger partial charge in [0.15, 0.2) is 0 Å². The summed E-state index contributed by atoms with van der Waals surface area (Å²) in [7, 11) is 1.92. The molecule has 0 aliphatic carbocycles. The number of aromatic nitrogens is 4. The van der Waals surface area contributed by atoms with Crippen molar-refractivity contribution in [3.63, 3.8) is 0 Å². The Morgan fingerprint density at radius 2 is 2.18 bits per heavy atom. The maximum atomic E-state index is 6.20. The molecule has 5 heteroatoms. The summed E-state index contributed by atoms with van der Waals surface area (Å²) < 4.78 is 3.95. The largest absolute Gasteiger partial charge is 0.383 e. The van der Waals surface area contributed by atoms with Crippen molar-refractivity contribution in [2.75, 3.05) is 5.73 Å². The molecule has 2 aromatic heterocycles. The van der Waals surface area contributed by atoms with Crippen LogP contribution in [-0.4, -0.2) is 19.3 Å². The lowest BCUT2D eigenvalue weighted by molar-refractivity contribution is 0.527. The Labute approximate surface area is 100 Å². The third-order valence-electron chi connectivity index (χ3n) is 3.39. The lowest BCUT2D eigenvalue weighted by Gasteiger charge is -2.14. The summed E-state index contributed by atoms with van der Waals surface area (Å²) in [5, 5.41) is 4.35. The lowest BCUT2D eigenvalue weighted by Crippen LogP contribution is -2.12. The van der Waals surface area contributed by atoms with Crippen molar-refractivity contribution >= 4 is 5.82 Å². The highest BCUT2D eigenvalue weighted by Gasteiger charge is 2.20. The van der Waals surface area contributed by atoms with Gasteiger partial charge in [-0.15, -0.1) is 0 Å². The molecule has 0 saturated heterocycles. The number of nitrogens with two attached hydrogens (primary N) is 1. The van der Waals surface area contributed by atoms with Crippen LogP contribution in [0.3, 0.4) is 0 Å². The summed E-state index contributed by atoms with van der Waals surface area (Å²) in [6.45, 7) is 2.99. The predicted octanol–water partition coefficient (Wildman–Crippen LogP) is 1.51. The second-order valence-corrected chi connectivity index (χ2v) is 4.67. The highest BCUT2D eigenvalue weighted by Crippen LogP contribution is 2.30. The Kier molecular flexibility index (Phi) is 2.21. The minimum absolute atomic E-state index is 0.788. The third kappa shape index (κ3) is 1.53. The van der Waals surface area contributed by atoms with E-state index in [-0.39, 0.29) is 0 Å². The Morgan fingerprint density at radius 1 is 1.35 bits per heavy atom. The fraction of sp³-hybridized carbons (Fsp3) is 0.500. The monoisotopic (exact) mass is 231 g/mol. The molecular weight excluding hydrogens is 214 g/mol. The second-order valence-electron chi connectivity index (χ2n) is 4.67. The van der Waals surface area contributed by atoms with Gasteiger partial charge in [-0.25, -0.2) is 4.98 Å². The number of hydrogen-bond acceptors (Lipinski definition) is 3. The molecule has 0 unspecified atom stereocenters. The number of nitrogens with zero attached hydrogens (tertiary/aromatic N) is 4. The molecule has 0 radical (unpaired) electrons. The Hall–Kier alpha value is -1.78. The maximum absolute atomic E-state index is 6.20. The van der Waals surface area contributed by atoms with Gasteiger partial charge in [-0.05, 0) is 19.8 Å². The summed E-state index contributed by atoms with van der Waals surface area (Å²) >= 11 is 0. The molecule has 2 aromatic rings. The van der Waals surface area contributed by atoms with Crippen LogP contribution in [0.25, 0.3) is 11.3 Å². The Bertz CT molecular complexity index is 564. The van der Waals surface area contributed by atoms with Gasteiger partial charge < -0.3 is 10.3 Å². The summed E-state index contributed by atoms with van der Waals surface area (Å²) in [6, 6.07) is 0. The molecule has 0 spiro atoms. The number of anilines is 1. The molecule has 1 aliphatic heterocycles. The van der Waals surface area contributed by atoms with Crippen LogP contribution in [0.15, 0.2) is 6.20 Å². The van der Waals surface area contributed by atoms with Gasteiger partial charge in [0.05, 0.1) is 5.69 Å². The molecule has 0 atom stereocenters. The van der Waals surface area contributed by atoms with Crippen LogP contribution in [0.1, 0.15) is 24.4 Å². The quantitative estimate of drug-likeness (QED) is 0.809. The van der Waals surface area contributed by atoms with Gasteiger partial charge in [0.1, 0.15) is 17.3 Å². The van der Waals surface area contributed by atoms with Crippen LogP contribution in [0.5, 0.6) is 0 Å². The molecule has 0 aromatic carbocycles. The Balaban J connectivity index is 2.15. The van der Waals surface area contributed by atoms with Crippen molar-refractivity contribution in [2.45, 2.75) is 32.7 Å². The number of aryl methyl sites for hydroxylation is 3. The number of hydrogen-bond donors (Lipinski definition) is 1. The fourth-order valence-corrected chi connectivity index (χ4v) is 2.54. The average molecular weight is 231 g/mol. The van der Waals surface area contributed by atoms with Gasteiger partial charge in [0, 0.05) is 31.8 Å². The topological polar surface area (TPSA) is 61.7 Å². The molecule has 0 bridgehead atoms. The standard InChI is InChI=1S/C12H17N5/c1-8-9(7-16(2)15-8)11-12(13)17-6-4-3-5-10(17)14-11/h7H,3-6,13H2,1-2H3. The number of nitrogen functional groups attached to an aromatic ring is 1. The van der Waals surface area contributed by atoms with Crippen molar-refractivity contribution in [2.24, 2.45) is 7.05 Å². The van der Waals surface area contributed by atoms with Crippen molar-refractivity contribution < 1.29 is 0 Å². The first-order chi connectivity index (χ1) is 8.16. The van der Waals surface area contributed by atoms with Crippen LogP contribution >= 0.6 is 0 Å². The third-order valence-corrected chi connectivity index (χ3v) is 3.39. The molecule has 0 amide bonds. The van der Waals surface area contributed by atoms with E-state index in [9.17, 15) is 0 Å². The highest BCUT2D eigenvalue weighted by atomic mass is 15.3. The normalized spacial score (nSPS) is 14.9. The molecule has 3 heterocycles. The predicted molar refractivity (Wildman–Crippen MR) is 66.5 cm³/mol. The lowest BCUT2D eigenvalue weighted by atomic mass is 10.2. The van der Waals surface area contributed by atoms with Gasteiger partial charge in [-0.3, -0.25) is 4.68 Å². The minimum atomic E-state index is 0.788. The van der Waals surface area contributed by atoms with Crippen LogP contribution < -0.4 is 5.73 Å². The summed E-state index contributed by atoms with van der Waals surface area (Å²) in [5.74, 6) is 1.91. The van der Waals surface area contributed by atoms with Gasteiger partial charge in [-0.2, -0.15) is 5.10 Å². The zero-order chi connectivity index (χ0) is 12.0. The SMILES string of the molecule is Cc1nn(C)cc1-c1nc2n(c1N)CCCC2. The van der Waals surface area contributed by atoms with E-state index in [0.29, 0.717) is 0 Å². The maximum Gasteiger partial charge on any atom is 0.131 e. The van der Waals surface area contributed by atoms with Crippen molar-refractivity contribution in [1.82, 2.24) is 19.3 Å². The van der Waals surface area contributed by atoms with E-state index in [0.717, 1.165) is 41.6 Å². The molecule has 3 rings (SSSR count). The van der Waals surface area contributed by atoms with Crippen LogP contribution in [0, 0.1) is 6.92 Å². The molecule has 1 aliphatic rings. The number of imidazole rings is 1. The summed E-state index contributed by atoms with van der Waals surface area (Å²) in [5.41, 5.74) is 9.12. The van der Waals surface area contributed by atoms with Crippen molar-refractivity contribution in [1.29, 1.82) is 0 Å². The van der Waals surface area contributed by atoms with Crippen molar-refractivity contribution in [3.8, 4) is 11.3 Å². The molecular formula is C12H17N5. The van der Waals surface area contributed by atoms with E-state index >= 15 is 0 Å². The highest BCUT2D eigenvalue weighted by molar-refractivity contribution is 5.72. The first-order valence-corrected chi connectivity index (χ1v) is 6.02. The van der Waals surface area contributed by atoms with Gasteiger partial charge in [0.2, 0.25) is 0 Å². The molecule has 0 fully saturated rings. The van der Waals surface area contributed by atoms with Crippen LogP contribution in [0.2, 0.25) is 0 Å². The van der Waals surface area contributed by atoms with E-state index < -0.39 is 0 Å². The molecule has 0 saturated carbocycles. The van der Waals surface area contributed by atoms with E-state index in [4.69, 9.17) is 5.73 Å². The number of rotatable bonds is 1. The minimum Gasteiger partial charge on any atom is -0.383 e. The van der Waals surface area contributed by atoms with E-state index in [1.807, 2.05) is 24.9 Å². The van der Waals surface area contributed by atoms with Gasteiger partial charge >= 0.3 is 0 Å². The number of fused-ring (bicyclic) bond motifs is 1. The van der Waals surface area contributed by atoms with E-state index in [1.165, 1.54) is 12.8 Å². The molecule has 90 valence electrons. The van der Waals surface area contributed by atoms with E-state index in [2.05, 4.69) is 14.6 Å². The van der Waals surface area contributed by atoms with Gasteiger partial charge in [-0.1, -0.05) is 0 Å². The second kappa shape index (κ2) is 3.61. The first kappa shape index (κ1) is 10.4. The van der Waals surface area contributed by atoms with Crippen LogP contribution in [-0.2, 0) is 20.0 Å². The average Bonchev–Trinajstić information content (AvgIpc) is 2.80. The fourth-order valence-electron chi connectivity index (χ4n) is 2.54. The summed E-state index contributed by atoms with van der Waals surface area (Å²) in [6.07, 6.45) is 5.42. The smallest absolute Gasteiger partial charge is 0.131 e. The van der Waals surface area contributed by atoms with E-state index in [1.54, 1.807) is 0 Å². The van der Waals surface area contributed by atoms with Gasteiger partial charge in [0.25, 0.3) is 0 Å². The van der Waals surface area contributed by atoms with Crippen LogP contribution in [0.4, 0.5) is 5.82 Å². The molecule has 2 N–H and O–H groups in total. The summed E-state index contributed by atoms with van der Waals surface area (Å²) in [4.78, 5) is 4.68. The zero-order valence-corrected chi connectivity index (χ0v) is 10.3. The molecule has 5 nitrogen and oxygen atoms in total. The van der Waals surface area contributed by atoms with Crippen molar-refractivity contribution in [3.05, 3.63) is 17.7 Å². The Morgan fingerprint density at radius 3 is 2.82 bits per heavy atom. The zero-order valence-electron chi connectivity index (χ0n) is 10.3.